The monoisotopic (exact) mass is 338 g/mol. The molecule has 0 fully saturated rings. The molecule has 0 aliphatic carbocycles. The fourth-order valence-corrected chi connectivity index (χ4v) is 4.29. The molecule has 2 rings (SSSR count). The topological polar surface area (TPSA) is 66.5 Å². The average Bonchev–Trinajstić information content (AvgIpc) is 2.81. The number of sulfonamides is 1. The van der Waals surface area contributed by atoms with Crippen LogP contribution in [0.2, 0.25) is 0 Å². The number of nitrogens with zero attached hydrogens (tertiary/aromatic N) is 1. The minimum atomic E-state index is -3.54. The molecule has 118 valence electrons. The summed E-state index contributed by atoms with van der Waals surface area (Å²) in [6, 6.07) is 8.87. The number of thiophene rings is 1. The van der Waals surface area contributed by atoms with Crippen LogP contribution in [-0.4, -0.2) is 32.7 Å². The van der Waals surface area contributed by atoms with Crippen LogP contribution in [0.4, 0.5) is 5.69 Å². The van der Waals surface area contributed by atoms with Crippen molar-refractivity contribution in [2.24, 2.45) is 0 Å². The van der Waals surface area contributed by atoms with Crippen molar-refractivity contribution in [1.29, 1.82) is 0 Å². The van der Waals surface area contributed by atoms with E-state index in [1.165, 1.54) is 31.5 Å². The molecule has 0 spiro atoms. The second kappa shape index (κ2) is 6.20. The maximum absolute atomic E-state index is 12.3. The van der Waals surface area contributed by atoms with Crippen LogP contribution in [0, 0.1) is 13.8 Å². The molecule has 1 amide bonds. The predicted molar refractivity (Wildman–Crippen MR) is 89.1 cm³/mol. The summed E-state index contributed by atoms with van der Waals surface area (Å²) in [5, 5.41) is 2.78. The molecule has 2 aromatic rings. The molecule has 1 aromatic heterocycles. The number of carbonyl (C=O) groups is 1. The van der Waals surface area contributed by atoms with Crippen LogP contribution >= 0.6 is 11.3 Å². The van der Waals surface area contributed by atoms with Gasteiger partial charge in [-0.3, -0.25) is 4.79 Å². The predicted octanol–water partition coefficient (Wildman–Crippen LogP) is 2.87. The summed E-state index contributed by atoms with van der Waals surface area (Å²) in [5.41, 5.74) is 1.73. The minimum absolute atomic E-state index is 0.178. The molecule has 7 heteroatoms. The fraction of sp³-hybridized carbons (Fsp3) is 0.267. The average molecular weight is 338 g/mol. The lowest BCUT2D eigenvalue weighted by Gasteiger charge is -2.10. The van der Waals surface area contributed by atoms with Crippen LogP contribution in [0.3, 0.4) is 0 Å². The Labute approximate surface area is 134 Å². The lowest BCUT2D eigenvalue weighted by Crippen LogP contribution is -2.22. The van der Waals surface area contributed by atoms with Gasteiger partial charge in [-0.1, -0.05) is 12.1 Å². The van der Waals surface area contributed by atoms with Gasteiger partial charge in [-0.15, -0.1) is 11.3 Å². The Kier molecular flexibility index (Phi) is 4.69. The number of aryl methyl sites for hydroxylation is 2. The van der Waals surface area contributed by atoms with Crippen LogP contribution in [0.15, 0.2) is 35.2 Å². The van der Waals surface area contributed by atoms with Crippen LogP contribution in [-0.2, 0) is 10.0 Å². The van der Waals surface area contributed by atoms with Crippen molar-refractivity contribution >= 4 is 33.0 Å². The van der Waals surface area contributed by atoms with E-state index in [9.17, 15) is 13.2 Å². The molecule has 0 bridgehead atoms. The van der Waals surface area contributed by atoms with E-state index in [4.69, 9.17) is 0 Å². The van der Waals surface area contributed by atoms with E-state index in [2.05, 4.69) is 5.32 Å². The van der Waals surface area contributed by atoms with Crippen LogP contribution in [0.25, 0.3) is 0 Å². The zero-order chi connectivity index (χ0) is 16.5. The Morgan fingerprint density at radius 3 is 2.45 bits per heavy atom. The third kappa shape index (κ3) is 3.37. The van der Waals surface area contributed by atoms with Crippen molar-refractivity contribution in [2.45, 2.75) is 18.7 Å². The molecule has 0 radical (unpaired) electrons. The quantitative estimate of drug-likeness (QED) is 0.932. The molecule has 0 aliphatic heterocycles. The molecule has 0 saturated carbocycles. The molecular weight excluding hydrogens is 320 g/mol. The van der Waals surface area contributed by atoms with E-state index in [0.717, 1.165) is 9.87 Å². The fourth-order valence-electron chi connectivity index (χ4n) is 1.95. The molecular formula is C15H18N2O3S2. The largest absolute Gasteiger partial charge is 0.321 e. The zero-order valence-electron chi connectivity index (χ0n) is 12.9. The van der Waals surface area contributed by atoms with Crippen LogP contribution < -0.4 is 5.32 Å². The number of carbonyl (C=O) groups excluding carboxylic acids is 1. The first-order valence-corrected chi connectivity index (χ1v) is 8.88. The Morgan fingerprint density at radius 1 is 1.18 bits per heavy atom. The van der Waals surface area contributed by atoms with E-state index in [1.54, 1.807) is 13.0 Å². The van der Waals surface area contributed by atoms with Crippen molar-refractivity contribution in [3.8, 4) is 0 Å². The first kappa shape index (κ1) is 16.7. The van der Waals surface area contributed by atoms with Gasteiger partial charge in [0.25, 0.3) is 5.91 Å². The lowest BCUT2D eigenvalue weighted by atomic mass is 10.2. The molecule has 1 N–H and O–H groups in total. The summed E-state index contributed by atoms with van der Waals surface area (Å²) >= 11 is 1.17. The van der Waals surface area contributed by atoms with Crippen molar-refractivity contribution in [1.82, 2.24) is 4.31 Å². The highest BCUT2D eigenvalue weighted by molar-refractivity contribution is 7.89. The highest BCUT2D eigenvalue weighted by Gasteiger charge is 2.24. The van der Waals surface area contributed by atoms with Gasteiger partial charge in [-0.2, -0.15) is 0 Å². The van der Waals surface area contributed by atoms with E-state index < -0.39 is 10.0 Å². The normalized spacial score (nSPS) is 11.7. The van der Waals surface area contributed by atoms with Crippen molar-refractivity contribution in [2.75, 3.05) is 19.4 Å². The number of amides is 1. The van der Waals surface area contributed by atoms with E-state index in [1.807, 2.05) is 25.1 Å². The van der Waals surface area contributed by atoms with Gasteiger partial charge in [0, 0.05) is 24.7 Å². The number of rotatable bonds is 4. The molecule has 0 atom stereocenters. The van der Waals surface area contributed by atoms with Gasteiger partial charge in [0.05, 0.1) is 9.77 Å². The maximum atomic E-state index is 12.3. The zero-order valence-corrected chi connectivity index (χ0v) is 14.5. The highest BCUT2D eigenvalue weighted by Crippen LogP contribution is 2.28. The summed E-state index contributed by atoms with van der Waals surface area (Å²) in [4.78, 5) is 13.4. The van der Waals surface area contributed by atoms with Gasteiger partial charge < -0.3 is 5.32 Å². The SMILES string of the molecule is Cc1cccc(NC(=O)c2cc(S(=O)(=O)N(C)C)c(C)s2)c1. The number of hydrogen-bond donors (Lipinski definition) is 1. The molecule has 5 nitrogen and oxygen atoms in total. The Balaban J connectivity index is 2.29. The first-order chi connectivity index (χ1) is 10.2. The van der Waals surface area contributed by atoms with Gasteiger partial charge in [0.2, 0.25) is 10.0 Å². The Bertz CT molecular complexity index is 808. The first-order valence-electron chi connectivity index (χ1n) is 6.63. The van der Waals surface area contributed by atoms with E-state index >= 15 is 0 Å². The lowest BCUT2D eigenvalue weighted by molar-refractivity contribution is 0.103. The van der Waals surface area contributed by atoms with E-state index in [0.29, 0.717) is 15.4 Å². The van der Waals surface area contributed by atoms with Gasteiger partial charge >= 0.3 is 0 Å². The van der Waals surface area contributed by atoms with Crippen LogP contribution in [0.5, 0.6) is 0 Å². The van der Waals surface area contributed by atoms with Gasteiger partial charge in [0.1, 0.15) is 0 Å². The number of nitrogens with one attached hydrogen (secondary N) is 1. The Morgan fingerprint density at radius 2 is 1.86 bits per heavy atom. The number of anilines is 1. The third-order valence-corrected chi connectivity index (χ3v) is 6.25. The van der Waals surface area contributed by atoms with Gasteiger partial charge in [-0.05, 0) is 37.6 Å². The second-order valence-corrected chi connectivity index (χ2v) is 8.52. The van der Waals surface area contributed by atoms with Gasteiger partial charge in [-0.25, -0.2) is 12.7 Å². The molecule has 0 unspecified atom stereocenters. The summed E-state index contributed by atoms with van der Waals surface area (Å²) in [6.07, 6.45) is 0. The standard InChI is InChI=1S/C15H18N2O3S2/c1-10-6-5-7-12(8-10)16-15(18)13-9-14(11(2)21-13)22(19,20)17(3)4/h5-9H,1-4H3,(H,16,18). The summed E-state index contributed by atoms with van der Waals surface area (Å²) < 4.78 is 25.5. The molecule has 1 heterocycles. The van der Waals surface area contributed by atoms with Crippen molar-refractivity contribution in [3.63, 3.8) is 0 Å². The second-order valence-electron chi connectivity index (χ2n) is 5.14. The number of hydrogen-bond acceptors (Lipinski definition) is 4. The highest BCUT2D eigenvalue weighted by atomic mass is 32.2. The van der Waals surface area contributed by atoms with Gasteiger partial charge in [0.15, 0.2) is 0 Å². The van der Waals surface area contributed by atoms with Crippen LogP contribution in [0.1, 0.15) is 20.1 Å². The molecule has 0 aliphatic rings. The molecule has 0 saturated heterocycles. The van der Waals surface area contributed by atoms with E-state index in [-0.39, 0.29) is 10.8 Å². The smallest absolute Gasteiger partial charge is 0.265 e. The third-order valence-electron chi connectivity index (χ3n) is 3.13. The summed E-state index contributed by atoms with van der Waals surface area (Å²) in [7, 11) is -0.594. The molecule has 1 aromatic carbocycles. The molecule has 22 heavy (non-hydrogen) atoms. The van der Waals surface area contributed by atoms with Crippen molar-refractivity contribution in [3.05, 3.63) is 45.6 Å². The number of benzene rings is 1. The minimum Gasteiger partial charge on any atom is -0.321 e. The maximum Gasteiger partial charge on any atom is 0.265 e. The summed E-state index contributed by atoms with van der Waals surface area (Å²) in [6.45, 7) is 3.64. The Hall–Kier alpha value is -1.70. The van der Waals surface area contributed by atoms with Crippen molar-refractivity contribution < 1.29 is 13.2 Å². The summed E-state index contributed by atoms with van der Waals surface area (Å²) in [5.74, 6) is -0.307.